The highest BCUT2D eigenvalue weighted by Gasteiger charge is 2.07. The molecule has 0 radical (unpaired) electrons. The van der Waals surface area contributed by atoms with Gasteiger partial charge in [-0.1, -0.05) is 41.9 Å². The van der Waals surface area contributed by atoms with Crippen molar-refractivity contribution in [3.05, 3.63) is 88.9 Å². The Morgan fingerprint density at radius 1 is 1.04 bits per heavy atom. The molecule has 0 atom stereocenters. The highest BCUT2D eigenvalue weighted by atomic mass is 35.5. The second-order valence-electron chi connectivity index (χ2n) is 6.04. The summed E-state index contributed by atoms with van der Waals surface area (Å²) in [5.41, 5.74) is 3.05. The van der Waals surface area contributed by atoms with E-state index in [4.69, 9.17) is 16.3 Å². The van der Waals surface area contributed by atoms with Gasteiger partial charge in [-0.25, -0.2) is 0 Å². The van der Waals surface area contributed by atoms with Crippen molar-refractivity contribution in [3.63, 3.8) is 0 Å². The number of halogens is 1. The maximum absolute atomic E-state index is 12.1. The lowest BCUT2D eigenvalue weighted by Crippen LogP contribution is -2.20. The van der Waals surface area contributed by atoms with E-state index in [1.54, 1.807) is 36.0 Å². The lowest BCUT2D eigenvalue weighted by Gasteiger charge is -2.11. The van der Waals surface area contributed by atoms with Crippen LogP contribution in [0.5, 0.6) is 5.75 Å². The van der Waals surface area contributed by atoms with Gasteiger partial charge in [-0.05, 0) is 60.5 Å². The first-order valence-corrected chi connectivity index (χ1v) is 9.92. The highest BCUT2D eigenvalue weighted by molar-refractivity contribution is 7.98. The minimum Gasteiger partial charge on any atom is -0.484 e. The van der Waals surface area contributed by atoms with Gasteiger partial charge in [-0.15, -0.1) is 11.8 Å². The molecule has 0 bridgehead atoms. The van der Waals surface area contributed by atoms with Gasteiger partial charge in [-0.3, -0.25) is 4.79 Å². The summed E-state index contributed by atoms with van der Waals surface area (Å²) >= 11 is 7.62. The summed E-state index contributed by atoms with van der Waals surface area (Å²) in [4.78, 5) is 13.4. The van der Waals surface area contributed by atoms with E-state index in [1.807, 2.05) is 37.3 Å². The normalized spacial score (nSPS) is 10.4. The summed E-state index contributed by atoms with van der Waals surface area (Å²) < 4.78 is 5.47. The molecule has 0 saturated carbocycles. The molecule has 3 rings (SSSR count). The first kappa shape index (κ1) is 19.3. The average Bonchev–Trinajstić information content (AvgIpc) is 2.69. The minimum atomic E-state index is -0.195. The van der Waals surface area contributed by atoms with E-state index in [1.165, 1.54) is 10.5 Å². The van der Waals surface area contributed by atoms with Crippen LogP contribution in [0.2, 0.25) is 5.02 Å². The van der Waals surface area contributed by atoms with Gasteiger partial charge >= 0.3 is 0 Å². The van der Waals surface area contributed by atoms with Crippen LogP contribution >= 0.6 is 23.4 Å². The van der Waals surface area contributed by atoms with Gasteiger partial charge < -0.3 is 10.1 Å². The van der Waals surface area contributed by atoms with Gasteiger partial charge in [0, 0.05) is 21.4 Å². The van der Waals surface area contributed by atoms with E-state index < -0.39 is 0 Å². The molecule has 3 aromatic rings. The molecule has 138 valence electrons. The topological polar surface area (TPSA) is 38.3 Å². The number of rotatable bonds is 7. The molecular formula is C22H20ClNO2S. The number of benzene rings is 3. The first-order chi connectivity index (χ1) is 13.1. The number of anilines is 1. The Balaban J connectivity index is 1.52. The largest absolute Gasteiger partial charge is 0.484 e. The molecule has 1 amide bonds. The van der Waals surface area contributed by atoms with E-state index >= 15 is 0 Å². The molecule has 0 aromatic heterocycles. The van der Waals surface area contributed by atoms with E-state index in [-0.39, 0.29) is 12.5 Å². The minimum absolute atomic E-state index is 0.0489. The summed E-state index contributed by atoms with van der Waals surface area (Å²) in [5, 5.41) is 3.53. The summed E-state index contributed by atoms with van der Waals surface area (Å²) in [5.74, 6) is 1.30. The van der Waals surface area contributed by atoms with Crippen molar-refractivity contribution < 1.29 is 9.53 Å². The molecule has 3 aromatic carbocycles. The molecule has 27 heavy (non-hydrogen) atoms. The molecule has 5 heteroatoms. The number of amides is 1. The monoisotopic (exact) mass is 397 g/mol. The number of hydrogen-bond donors (Lipinski definition) is 1. The van der Waals surface area contributed by atoms with E-state index in [0.717, 1.165) is 17.0 Å². The summed E-state index contributed by atoms with van der Waals surface area (Å²) in [6.07, 6.45) is 0. The van der Waals surface area contributed by atoms with Gasteiger partial charge in [0.2, 0.25) is 0 Å². The second-order valence-corrected chi connectivity index (χ2v) is 7.53. The number of aryl methyl sites for hydroxylation is 1. The van der Waals surface area contributed by atoms with Crippen molar-refractivity contribution in [2.24, 2.45) is 0 Å². The summed E-state index contributed by atoms with van der Waals surface area (Å²) in [6, 6.07) is 23.3. The zero-order valence-electron chi connectivity index (χ0n) is 14.9. The highest BCUT2D eigenvalue weighted by Crippen LogP contribution is 2.25. The maximum Gasteiger partial charge on any atom is 0.262 e. The third kappa shape index (κ3) is 6.05. The van der Waals surface area contributed by atoms with E-state index in [9.17, 15) is 4.79 Å². The Hall–Kier alpha value is -2.43. The molecule has 0 saturated heterocycles. The molecule has 0 heterocycles. The van der Waals surface area contributed by atoms with Gasteiger partial charge in [0.05, 0.1) is 0 Å². The Bertz CT molecular complexity index is 898. The Morgan fingerprint density at radius 2 is 1.78 bits per heavy atom. The lowest BCUT2D eigenvalue weighted by molar-refractivity contribution is -0.118. The quantitative estimate of drug-likeness (QED) is 0.500. The van der Waals surface area contributed by atoms with Crippen molar-refractivity contribution in [1.82, 2.24) is 0 Å². The van der Waals surface area contributed by atoms with Crippen molar-refractivity contribution in [2.75, 3.05) is 11.9 Å². The van der Waals surface area contributed by atoms with Crippen LogP contribution in [0.4, 0.5) is 5.69 Å². The van der Waals surface area contributed by atoms with Crippen molar-refractivity contribution >= 4 is 35.0 Å². The van der Waals surface area contributed by atoms with Crippen LogP contribution in [0, 0.1) is 6.92 Å². The molecule has 0 aliphatic carbocycles. The van der Waals surface area contributed by atoms with Gasteiger partial charge in [0.15, 0.2) is 6.61 Å². The number of carbonyl (C=O) groups excluding carboxylic acids is 1. The Labute approximate surface area is 168 Å². The lowest BCUT2D eigenvalue weighted by atomic mass is 10.1. The Morgan fingerprint density at radius 3 is 2.48 bits per heavy atom. The molecule has 0 aliphatic rings. The molecule has 0 unspecified atom stereocenters. The number of nitrogens with one attached hydrogen (secondary N) is 1. The van der Waals surface area contributed by atoms with Gasteiger partial charge in [-0.2, -0.15) is 0 Å². The van der Waals surface area contributed by atoms with Crippen LogP contribution in [-0.4, -0.2) is 12.5 Å². The molecule has 0 fully saturated rings. The molecule has 3 nitrogen and oxygen atoms in total. The third-order valence-corrected chi connectivity index (χ3v) is 5.23. The average molecular weight is 398 g/mol. The molecule has 1 N–H and O–H groups in total. The number of ether oxygens (including phenoxy) is 1. The number of carbonyl (C=O) groups is 1. The predicted molar refractivity (Wildman–Crippen MR) is 113 cm³/mol. The van der Waals surface area contributed by atoms with Gasteiger partial charge in [0.25, 0.3) is 5.91 Å². The first-order valence-electron chi connectivity index (χ1n) is 8.56. The predicted octanol–water partition coefficient (Wildman–Crippen LogP) is 5.96. The van der Waals surface area contributed by atoms with Crippen LogP contribution in [-0.2, 0) is 10.5 Å². The van der Waals surface area contributed by atoms with Crippen LogP contribution in [0.15, 0.2) is 77.7 Å². The summed E-state index contributed by atoms with van der Waals surface area (Å²) in [6.45, 7) is 1.94. The maximum atomic E-state index is 12.1. The molecular weight excluding hydrogens is 378 g/mol. The molecule has 0 spiro atoms. The number of thioether (sulfide) groups is 1. The zero-order valence-corrected chi connectivity index (χ0v) is 16.5. The second kappa shape index (κ2) is 9.49. The van der Waals surface area contributed by atoms with Crippen molar-refractivity contribution in [1.29, 1.82) is 0 Å². The Kier molecular flexibility index (Phi) is 6.80. The SMILES string of the molecule is Cc1cc(CSc2ccccc2)ccc1NC(=O)COc1ccc(Cl)cc1. The fraction of sp³-hybridized carbons (Fsp3) is 0.136. The van der Waals surface area contributed by atoms with Crippen LogP contribution in [0.1, 0.15) is 11.1 Å². The summed E-state index contributed by atoms with van der Waals surface area (Å²) in [7, 11) is 0. The van der Waals surface area contributed by atoms with Gasteiger partial charge in [0.1, 0.15) is 5.75 Å². The van der Waals surface area contributed by atoms with Crippen LogP contribution in [0.3, 0.4) is 0 Å². The number of hydrogen-bond acceptors (Lipinski definition) is 3. The van der Waals surface area contributed by atoms with Crippen LogP contribution < -0.4 is 10.1 Å². The smallest absolute Gasteiger partial charge is 0.262 e. The fourth-order valence-electron chi connectivity index (χ4n) is 2.51. The van der Waals surface area contributed by atoms with Crippen molar-refractivity contribution in [2.45, 2.75) is 17.6 Å². The zero-order chi connectivity index (χ0) is 19.1. The van der Waals surface area contributed by atoms with Crippen LogP contribution in [0.25, 0.3) is 0 Å². The van der Waals surface area contributed by atoms with E-state index in [2.05, 4.69) is 23.5 Å². The van der Waals surface area contributed by atoms with Crippen molar-refractivity contribution in [3.8, 4) is 5.75 Å². The standard InChI is InChI=1S/C22H20ClNO2S/c1-16-13-17(15-27-20-5-3-2-4-6-20)7-12-21(16)24-22(25)14-26-19-10-8-18(23)9-11-19/h2-13H,14-15H2,1H3,(H,24,25). The van der Waals surface area contributed by atoms with E-state index in [0.29, 0.717) is 10.8 Å². The molecule has 0 aliphatic heterocycles. The fourth-order valence-corrected chi connectivity index (χ4v) is 3.49. The third-order valence-electron chi connectivity index (χ3n) is 3.90.